The SMILES string of the molecule is OC1=C(O)C2CCC3C(=C2C=C1)CCCN3CCc1ccccc1. The number of nitrogens with zero attached hydrogens (tertiary/aromatic N) is 1. The second kappa shape index (κ2) is 6.48. The molecule has 3 nitrogen and oxygen atoms in total. The average Bonchev–Trinajstić information content (AvgIpc) is 2.63. The summed E-state index contributed by atoms with van der Waals surface area (Å²) < 4.78 is 0. The van der Waals surface area contributed by atoms with Crippen LogP contribution in [0, 0.1) is 5.92 Å². The van der Waals surface area contributed by atoms with Crippen molar-refractivity contribution in [2.75, 3.05) is 13.1 Å². The van der Waals surface area contributed by atoms with E-state index < -0.39 is 0 Å². The summed E-state index contributed by atoms with van der Waals surface area (Å²) in [6.45, 7) is 2.25. The van der Waals surface area contributed by atoms with Crippen molar-refractivity contribution >= 4 is 0 Å². The number of aliphatic hydroxyl groups excluding tert-OH is 2. The van der Waals surface area contributed by atoms with E-state index in [4.69, 9.17) is 0 Å². The first kappa shape index (κ1) is 15.5. The lowest BCUT2D eigenvalue weighted by Crippen LogP contribution is -2.45. The first-order valence-electron chi connectivity index (χ1n) is 9.05. The summed E-state index contributed by atoms with van der Waals surface area (Å²) in [4.78, 5) is 2.62. The van der Waals surface area contributed by atoms with Gasteiger partial charge in [0.15, 0.2) is 5.76 Å². The maximum atomic E-state index is 10.2. The Kier molecular flexibility index (Phi) is 4.19. The summed E-state index contributed by atoms with van der Waals surface area (Å²) in [5.41, 5.74) is 4.14. The summed E-state index contributed by atoms with van der Waals surface area (Å²) in [5, 5.41) is 20.0. The minimum Gasteiger partial charge on any atom is -0.508 e. The van der Waals surface area contributed by atoms with Gasteiger partial charge in [-0.15, -0.1) is 0 Å². The van der Waals surface area contributed by atoms with E-state index in [1.165, 1.54) is 23.1 Å². The molecule has 1 saturated heterocycles. The number of benzene rings is 1. The third-order valence-corrected chi connectivity index (χ3v) is 5.75. The van der Waals surface area contributed by atoms with Crippen LogP contribution in [0.1, 0.15) is 31.2 Å². The van der Waals surface area contributed by atoms with Gasteiger partial charge in [0.1, 0.15) is 5.76 Å². The molecule has 2 unspecified atom stereocenters. The standard InChI is InChI=1S/C21H25NO2/c23-20-11-9-16-17-7-4-13-22(14-12-15-5-2-1-3-6-15)19(17)10-8-18(16)21(20)24/h1-3,5-6,9,11,18-19,23-24H,4,7-8,10,12-14H2. The molecule has 3 aliphatic rings. The number of fused-ring (bicyclic) bond motifs is 2. The number of piperidine rings is 1. The summed E-state index contributed by atoms with van der Waals surface area (Å²) >= 11 is 0. The van der Waals surface area contributed by atoms with Gasteiger partial charge in [-0.3, -0.25) is 4.90 Å². The van der Waals surface area contributed by atoms with Crippen LogP contribution >= 0.6 is 0 Å². The van der Waals surface area contributed by atoms with E-state index in [1.807, 2.05) is 6.08 Å². The Balaban J connectivity index is 1.53. The molecular weight excluding hydrogens is 298 g/mol. The fourth-order valence-corrected chi connectivity index (χ4v) is 4.54. The molecule has 1 fully saturated rings. The van der Waals surface area contributed by atoms with Crippen LogP contribution in [0.5, 0.6) is 0 Å². The normalized spacial score (nSPS) is 27.2. The zero-order valence-electron chi connectivity index (χ0n) is 14.0. The van der Waals surface area contributed by atoms with Gasteiger partial charge in [-0.1, -0.05) is 36.4 Å². The largest absolute Gasteiger partial charge is 0.508 e. The molecule has 1 aromatic rings. The highest BCUT2D eigenvalue weighted by Crippen LogP contribution is 2.43. The Morgan fingerprint density at radius 3 is 2.71 bits per heavy atom. The molecule has 0 bridgehead atoms. The summed E-state index contributed by atoms with van der Waals surface area (Å²) in [7, 11) is 0. The molecule has 1 aliphatic heterocycles. The van der Waals surface area contributed by atoms with E-state index in [0.29, 0.717) is 6.04 Å². The van der Waals surface area contributed by atoms with E-state index in [9.17, 15) is 10.2 Å². The van der Waals surface area contributed by atoms with Crippen molar-refractivity contribution in [1.82, 2.24) is 4.90 Å². The molecule has 2 atom stereocenters. The Morgan fingerprint density at radius 1 is 1.04 bits per heavy atom. The van der Waals surface area contributed by atoms with Crippen molar-refractivity contribution in [2.24, 2.45) is 5.92 Å². The first-order valence-corrected chi connectivity index (χ1v) is 9.05. The van der Waals surface area contributed by atoms with Crippen molar-refractivity contribution in [3.63, 3.8) is 0 Å². The van der Waals surface area contributed by atoms with Gasteiger partial charge in [0.2, 0.25) is 0 Å². The van der Waals surface area contributed by atoms with Crippen molar-refractivity contribution in [3.8, 4) is 0 Å². The zero-order valence-corrected chi connectivity index (χ0v) is 14.0. The second-order valence-corrected chi connectivity index (χ2v) is 7.11. The molecule has 0 amide bonds. The van der Waals surface area contributed by atoms with Crippen molar-refractivity contribution < 1.29 is 10.2 Å². The van der Waals surface area contributed by atoms with Crippen LogP contribution in [0.3, 0.4) is 0 Å². The quantitative estimate of drug-likeness (QED) is 0.872. The smallest absolute Gasteiger partial charge is 0.153 e. The average molecular weight is 323 g/mol. The van der Waals surface area contributed by atoms with Gasteiger partial charge >= 0.3 is 0 Å². The summed E-state index contributed by atoms with van der Waals surface area (Å²) in [6, 6.07) is 11.2. The number of hydrogen-bond acceptors (Lipinski definition) is 3. The van der Waals surface area contributed by atoms with Gasteiger partial charge in [0.25, 0.3) is 0 Å². The Labute approximate surface area is 143 Å². The fraction of sp³-hybridized carbons (Fsp3) is 0.429. The van der Waals surface area contributed by atoms with Crippen molar-refractivity contribution in [1.29, 1.82) is 0 Å². The molecule has 0 saturated carbocycles. The molecule has 0 spiro atoms. The van der Waals surface area contributed by atoms with E-state index in [1.54, 1.807) is 6.08 Å². The molecule has 3 heteroatoms. The fourth-order valence-electron chi connectivity index (χ4n) is 4.54. The Bertz CT molecular complexity index is 702. The predicted molar refractivity (Wildman–Crippen MR) is 95.9 cm³/mol. The molecule has 2 N–H and O–H groups in total. The highest BCUT2D eigenvalue weighted by atomic mass is 16.3. The van der Waals surface area contributed by atoms with E-state index in [2.05, 4.69) is 35.2 Å². The number of aliphatic hydroxyl groups is 2. The van der Waals surface area contributed by atoms with Gasteiger partial charge in [0.05, 0.1) is 0 Å². The minimum absolute atomic E-state index is 0.00956. The van der Waals surface area contributed by atoms with Gasteiger partial charge in [-0.2, -0.15) is 0 Å². The molecule has 1 heterocycles. The number of allylic oxidation sites excluding steroid dienone is 3. The topological polar surface area (TPSA) is 43.7 Å². The minimum atomic E-state index is 0.00956. The lowest BCUT2D eigenvalue weighted by molar-refractivity contribution is 0.162. The van der Waals surface area contributed by atoms with Gasteiger partial charge in [-0.25, -0.2) is 0 Å². The van der Waals surface area contributed by atoms with E-state index in [0.717, 1.165) is 38.8 Å². The Morgan fingerprint density at radius 2 is 1.88 bits per heavy atom. The van der Waals surface area contributed by atoms with Crippen molar-refractivity contribution in [3.05, 3.63) is 70.7 Å². The second-order valence-electron chi connectivity index (χ2n) is 7.11. The molecule has 24 heavy (non-hydrogen) atoms. The van der Waals surface area contributed by atoms with Crippen LogP contribution in [-0.4, -0.2) is 34.2 Å². The lowest BCUT2D eigenvalue weighted by Gasteiger charge is -2.43. The third-order valence-electron chi connectivity index (χ3n) is 5.75. The van der Waals surface area contributed by atoms with E-state index in [-0.39, 0.29) is 17.4 Å². The zero-order chi connectivity index (χ0) is 16.5. The highest BCUT2D eigenvalue weighted by molar-refractivity contribution is 5.44. The van der Waals surface area contributed by atoms with Crippen LogP contribution in [0.25, 0.3) is 0 Å². The number of rotatable bonds is 3. The predicted octanol–water partition coefficient (Wildman–Crippen LogP) is 4.30. The van der Waals surface area contributed by atoms with E-state index >= 15 is 0 Å². The number of hydrogen-bond donors (Lipinski definition) is 2. The van der Waals surface area contributed by atoms with Gasteiger partial charge < -0.3 is 10.2 Å². The molecule has 1 aromatic carbocycles. The monoisotopic (exact) mass is 323 g/mol. The third kappa shape index (κ3) is 2.78. The highest BCUT2D eigenvalue weighted by Gasteiger charge is 2.37. The van der Waals surface area contributed by atoms with Crippen LogP contribution in [0.15, 0.2) is 65.1 Å². The maximum absolute atomic E-state index is 10.2. The lowest BCUT2D eigenvalue weighted by atomic mass is 9.73. The summed E-state index contributed by atoms with van der Waals surface area (Å²) in [5.74, 6) is 0.217. The van der Waals surface area contributed by atoms with Crippen LogP contribution in [0.4, 0.5) is 0 Å². The van der Waals surface area contributed by atoms with Crippen LogP contribution in [0.2, 0.25) is 0 Å². The van der Waals surface area contributed by atoms with Crippen LogP contribution in [-0.2, 0) is 6.42 Å². The molecular formula is C21H25NO2. The summed E-state index contributed by atoms with van der Waals surface area (Å²) in [6.07, 6.45) is 9.07. The van der Waals surface area contributed by atoms with Crippen LogP contribution < -0.4 is 0 Å². The molecule has 0 aromatic heterocycles. The molecule has 4 rings (SSSR count). The molecule has 2 aliphatic carbocycles. The van der Waals surface area contributed by atoms with Gasteiger partial charge in [0, 0.05) is 18.5 Å². The number of likely N-dealkylation sites (tertiary alicyclic amines) is 1. The molecule has 0 radical (unpaired) electrons. The molecule has 126 valence electrons. The van der Waals surface area contributed by atoms with Crippen molar-refractivity contribution in [2.45, 2.75) is 38.1 Å². The first-order chi connectivity index (χ1) is 11.7. The van der Waals surface area contributed by atoms with Gasteiger partial charge in [-0.05, 0) is 61.4 Å². The maximum Gasteiger partial charge on any atom is 0.153 e. The Hall–Kier alpha value is -2.00.